The summed E-state index contributed by atoms with van der Waals surface area (Å²) in [5.74, 6) is 0. The van der Waals surface area contributed by atoms with E-state index >= 15 is 0 Å². The van der Waals surface area contributed by atoms with E-state index in [9.17, 15) is 0 Å². The molecular formula is C14H22. The highest BCUT2D eigenvalue weighted by molar-refractivity contribution is 5.14. The molecule has 0 nitrogen and oxygen atoms in total. The van der Waals surface area contributed by atoms with Gasteiger partial charge in [-0.05, 0) is 18.4 Å². The molecule has 0 bridgehead atoms. The number of hydrogen-bond donors (Lipinski definition) is 0. The second kappa shape index (κ2) is 7.61. The van der Waals surface area contributed by atoms with Gasteiger partial charge in [0.15, 0.2) is 0 Å². The van der Waals surface area contributed by atoms with Crippen molar-refractivity contribution in [2.75, 3.05) is 0 Å². The minimum atomic E-state index is 1.26. The Hall–Kier alpha value is -0.780. The molecule has 0 heteroatoms. The van der Waals surface area contributed by atoms with E-state index < -0.39 is 0 Å². The topological polar surface area (TPSA) is 0 Å². The summed E-state index contributed by atoms with van der Waals surface area (Å²) in [4.78, 5) is 0. The van der Waals surface area contributed by atoms with E-state index in [-0.39, 0.29) is 0 Å². The van der Waals surface area contributed by atoms with Crippen molar-refractivity contribution in [3.05, 3.63) is 35.9 Å². The summed E-state index contributed by atoms with van der Waals surface area (Å²) < 4.78 is 0. The zero-order valence-electron chi connectivity index (χ0n) is 9.34. The summed E-state index contributed by atoms with van der Waals surface area (Å²) in [6, 6.07) is 10.8. The van der Waals surface area contributed by atoms with Gasteiger partial charge in [-0.1, -0.05) is 69.4 Å². The Kier molecular flexibility index (Phi) is 6.14. The quantitative estimate of drug-likeness (QED) is 0.552. The number of unbranched alkanes of at least 4 members (excludes halogenated alkanes) is 5. The van der Waals surface area contributed by atoms with Crippen LogP contribution in [-0.4, -0.2) is 0 Å². The highest BCUT2D eigenvalue weighted by atomic mass is 14.0. The zero-order chi connectivity index (χ0) is 10.1. The largest absolute Gasteiger partial charge is 0.0654 e. The average molecular weight is 190 g/mol. The monoisotopic (exact) mass is 190 g/mol. The minimum Gasteiger partial charge on any atom is -0.0654 e. The zero-order valence-corrected chi connectivity index (χ0v) is 9.34. The lowest BCUT2D eigenvalue weighted by Gasteiger charge is -2.01. The van der Waals surface area contributed by atoms with Gasteiger partial charge in [0.05, 0.1) is 0 Å². The van der Waals surface area contributed by atoms with Crippen LogP contribution in [-0.2, 0) is 6.42 Å². The van der Waals surface area contributed by atoms with Crippen molar-refractivity contribution < 1.29 is 0 Å². The first-order valence-corrected chi connectivity index (χ1v) is 5.97. The van der Waals surface area contributed by atoms with Gasteiger partial charge in [0, 0.05) is 0 Å². The number of hydrogen-bond acceptors (Lipinski definition) is 0. The SMILES string of the molecule is CCCCCCCCc1ccccc1. The smallest absolute Gasteiger partial charge is 0.0279 e. The van der Waals surface area contributed by atoms with Crippen LogP contribution in [0.3, 0.4) is 0 Å². The third-order valence-corrected chi connectivity index (χ3v) is 2.66. The molecule has 0 aliphatic carbocycles. The van der Waals surface area contributed by atoms with Crippen molar-refractivity contribution in [2.45, 2.75) is 51.9 Å². The molecule has 0 N–H and O–H groups in total. The molecule has 0 saturated heterocycles. The third-order valence-electron chi connectivity index (χ3n) is 2.66. The fourth-order valence-corrected chi connectivity index (χ4v) is 1.75. The van der Waals surface area contributed by atoms with Gasteiger partial charge in [0.1, 0.15) is 0 Å². The summed E-state index contributed by atoms with van der Waals surface area (Å²) in [7, 11) is 0. The number of rotatable bonds is 7. The standard InChI is InChI=1S/C14H22/c1-2-3-4-5-6-8-11-14-12-9-7-10-13-14/h7,9-10,12-13H,2-6,8,11H2,1H3. The first kappa shape index (κ1) is 11.3. The van der Waals surface area contributed by atoms with Crippen molar-refractivity contribution in [1.29, 1.82) is 0 Å². The van der Waals surface area contributed by atoms with Crippen LogP contribution in [0.2, 0.25) is 0 Å². The Balaban J connectivity index is 1.99. The molecule has 0 amide bonds. The predicted molar refractivity (Wildman–Crippen MR) is 63.5 cm³/mol. The van der Waals surface area contributed by atoms with Crippen molar-refractivity contribution in [2.24, 2.45) is 0 Å². The first-order valence-electron chi connectivity index (χ1n) is 5.97. The second-order valence-electron chi connectivity index (χ2n) is 4.00. The predicted octanol–water partition coefficient (Wildman–Crippen LogP) is 4.59. The summed E-state index contributed by atoms with van der Waals surface area (Å²) in [5, 5.41) is 0. The Labute approximate surface area is 88.4 Å². The van der Waals surface area contributed by atoms with Crippen molar-refractivity contribution in [3.63, 3.8) is 0 Å². The molecule has 0 radical (unpaired) electrons. The van der Waals surface area contributed by atoms with Gasteiger partial charge < -0.3 is 0 Å². The maximum atomic E-state index is 2.27. The molecule has 0 aromatic heterocycles. The van der Waals surface area contributed by atoms with Gasteiger partial charge in [-0.2, -0.15) is 0 Å². The lowest BCUT2D eigenvalue weighted by Crippen LogP contribution is -1.85. The molecular weight excluding hydrogens is 168 g/mol. The molecule has 0 heterocycles. The third kappa shape index (κ3) is 5.06. The molecule has 0 fully saturated rings. The Morgan fingerprint density at radius 3 is 2.14 bits per heavy atom. The molecule has 1 aromatic rings. The van der Waals surface area contributed by atoms with Crippen LogP contribution in [0.4, 0.5) is 0 Å². The fourth-order valence-electron chi connectivity index (χ4n) is 1.75. The van der Waals surface area contributed by atoms with Crippen LogP contribution in [0.1, 0.15) is 51.0 Å². The van der Waals surface area contributed by atoms with E-state index in [1.165, 1.54) is 50.5 Å². The molecule has 0 aliphatic heterocycles. The number of aryl methyl sites for hydroxylation is 1. The maximum absolute atomic E-state index is 2.27. The van der Waals surface area contributed by atoms with Crippen LogP contribution in [0.25, 0.3) is 0 Å². The van der Waals surface area contributed by atoms with E-state index in [0.717, 1.165) is 0 Å². The van der Waals surface area contributed by atoms with Crippen LogP contribution in [0.5, 0.6) is 0 Å². The van der Waals surface area contributed by atoms with E-state index in [2.05, 4.69) is 37.3 Å². The molecule has 0 atom stereocenters. The molecule has 0 unspecified atom stereocenters. The Morgan fingerprint density at radius 1 is 0.786 bits per heavy atom. The van der Waals surface area contributed by atoms with E-state index in [1.807, 2.05) is 0 Å². The lowest BCUT2D eigenvalue weighted by molar-refractivity contribution is 0.607. The summed E-state index contributed by atoms with van der Waals surface area (Å²) in [5.41, 5.74) is 1.49. The Bertz CT molecular complexity index is 213. The molecule has 1 rings (SSSR count). The number of benzene rings is 1. The van der Waals surface area contributed by atoms with Gasteiger partial charge in [0.2, 0.25) is 0 Å². The van der Waals surface area contributed by atoms with E-state index in [4.69, 9.17) is 0 Å². The fraction of sp³-hybridized carbons (Fsp3) is 0.571. The van der Waals surface area contributed by atoms with Gasteiger partial charge in [-0.3, -0.25) is 0 Å². The average Bonchev–Trinajstić information content (AvgIpc) is 2.25. The first-order chi connectivity index (χ1) is 6.93. The summed E-state index contributed by atoms with van der Waals surface area (Å²) in [6.07, 6.45) is 9.60. The van der Waals surface area contributed by atoms with Gasteiger partial charge >= 0.3 is 0 Å². The van der Waals surface area contributed by atoms with Gasteiger partial charge in [0.25, 0.3) is 0 Å². The Morgan fingerprint density at radius 2 is 1.43 bits per heavy atom. The second-order valence-corrected chi connectivity index (χ2v) is 4.00. The molecule has 0 aliphatic rings. The minimum absolute atomic E-state index is 1.26. The maximum Gasteiger partial charge on any atom is -0.0279 e. The van der Waals surface area contributed by atoms with Crippen LogP contribution >= 0.6 is 0 Å². The molecule has 0 saturated carbocycles. The molecule has 1 aromatic carbocycles. The van der Waals surface area contributed by atoms with Crippen LogP contribution in [0.15, 0.2) is 30.3 Å². The summed E-state index contributed by atoms with van der Waals surface area (Å²) >= 11 is 0. The van der Waals surface area contributed by atoms with Crippen LogP contribution < -0.4 is 0 Å². The molecule has 0 spiro atoms. The van der Waals surface area contributed by atoms with Crippen molar-refractivity contribution in [1.82, 2.24) is 0 Å². The normalized spacial score (nSPS) is 10.4. The van der Waals surface area contributed by atoms with Crippen molar-refractivity contribution >= 4 is 0 Å². The molecule has 78 valence electrons. The highest BCUT2D eigenvalue weighted by Crippen LogP contribution is 2.09. The highest BCUT2D eigenvalue weighted by Gasteiger charge is 1.92. The van der Waals surface area contributed by atoms with E-state index in [1.54, 1.807) is 0 Å². The summed E-state index contributed by atoms with van der Waals surface area (Å²) in [6.45, 7) is 2.27. The molecule has 14 heavy (non-hydrogen) atoms. The van der Waals surface area contributed by atoms with Gasteiger partial charge in [-0.25, -0.2) is 0 Å². The van der Waals surface area contributed by atoms with Gasteiger partial charge in [-0.15, -0.1) is 0 Å². The lowest BCUT2D eigenvalue weighted by atomic mass is 10.1. The van der Waals surface area contributed by atoms with Crippen LogP contribution in [0, 0.1) is 0 Å². The van der Waals surface area contributed by atoms with E-state index in [0.29, 0.717) is 0 Å². The van der Waals surface area contributed by atoms with Crippen molar-refractivity contribution in [3.8, 4) is 0 Å².